The first-order valence-corrected chi connectivity index (χ1v) is 7.71. The van der Waals surface area contributed by atoms with Gasteiger partial charge < -0.3 is 10.0 Å². The molecule has 0 unspecified atom stereocenters. The van der Waals surface area contributed by atoms with Gasteiger partial charge in [-0.3, -0.25) is 0 Å². The van der Waals surface area contributed by atoms with Crippen LogP contribution in [-0.2, 0) is 10.0 Å². The first-order chi connectivity index (χ1) is 8.97. The molecule has 0 saturated carbocycles. The fourth-order valence-electron chi connectivity index (χ4n) is 3.01. The average Bonchev–Trinajstić information content (AvgIpc) is 2.91. The minimum absolute atomic E-state index is 0.179. The molecular formula is C12H17N3O3S. The second-order valence-corrected chi connectivity index (χ2v) is 7.61. The third kappa shape index (κ3) is 1.69. The Hall–Kier alpha value is -1.18. The van der Waals surface area contributed by atoms with Gasteiger partial charge in [0.1, 0.15) is 10.6 Å². The van der Waals surface area contributed by atoms with Crippen molar-refractivity contribution in [2.75, 3.05) is 31.6 Å². The molecule has 3 heterocycles. The maximum atomic E-state index is 12.4. The lowest BCUT2D eigenvalue weighted by Crippen LogP contribution is -2.47. The van der Waals surface area contributed by atoms with Crippen molar-refractivity contribution in [3.05, 3.63) is 24.4 Å². The van der Waals surface area contributed by atoms with Gasteiger partial charge in [-0.05, 0) is 18.6 Å². The van der Waals surface area contributed by atoms with Crippen LogP contribution in [0.5, 0.6) is 0 Å². The fraction of sp³-hybridized carbons (Fsp3) is 0.583. The van der Waals surface area contributed by atoms with Crippen molar-refractivity contribution in [2.45, 2.75) is 17.3 Å². The lowest BCUT2D eigenvalue weighted by atomic mass is 10.0. The van der Waals surface area contributed by atoms with E-state index in [1.54, 1.807) is 6.20 Å². The summed E-state index contributed by atoms with van der Waals surface area (Å²) < 4.78 is 25.0. The van der Waals surface area contributed by atoms with E-state index < -0.39 is 20.9 Å². The third-order valence-corrected chi connectivity index (χ3v) is 6.80. The number of sulfonamides is 1. The fourth-order valence-corrected chi connectivity index (χ4v) is 5.06. The highest BCUT2D eigenvalue weighted by atomic mass is 32.2. The number of β-amino-alcohol motifs (C(OH)–C–C–N with tert-alkyl or cyclic N) is 1. The van der Waals surface area contributed by atoms with E-state index in [-0.39, 0.29) is 6.54 Å². The summed E-state index contributed by atoms with van der Waals surface area (Å²) in [7, 11) is -1.92. The monoisotopic (exact) mass is 283 g/mol. The Balaban J connectivity index is 1.93. The standard InChI is InChI=1S/C12H17N3O3S/c1-14-8-10(16)12(19(14,17)18)5-7-15(9-12)11-4-2-3-6-13-11/h2-4,6,10,16H,5,7-9H2,1H3/t10-,12+/m0/s1. The number of hydrogen-bond acceptors (Lipinski definition) is 5. The molecule has 1 N–H and O–H groups in total. The van der Waals surface area contributed by atoms with Gasteiger partial charge in [-0.2, -0.15) is 0 Å². The number of aliphatic hydroxyl groups excluding tert-OH is 1. The largest absolute Gasteiger partial charge is 0.390 e. The molecule has 7 heteroatoms. The normalized spacial score (nSPS) is 34.2. The van der Waals surface area contributed by atoms with Crippen LogP contribution in [-0.4, -0.2) is 60.3 Å². The van der Waals surface area contributed by atoms with Gasteiger partial charge in [-0.15, -0.1) is 0 Å². The van der Waals surface area contributed by atoms with E-state index in [2.05, 4.69) is 4.98 Å². The second kappa shape index (κ2) is 4.16. The minimum atomic E-state index is -3.44. The van der Waals surface area contributed by atoms with E-state index in [9.17, 15) is 13.5 Å². The Morgan fingerprint density at radius 1 is 1.47 bits per heavy atom. The van der Waals surface area contributed by atoms with E-state index in [1.165, 1.54) is 11.4 Å². The molecule has 3 rings (SSSR count). The lowest BCUT2D eigenvalue weighted by molar-refractivity contribution is 0.137. The summed E-state index contributed by atoms with van der Waals surface area (Å²) in [6.07, 6.45) is 1.29. The van der Waals surface area contributed by atoms with Crippen molar-refractivity contribution in [3.63, 3.8) is 0 Å². The highest BCUT2D eigenvalue weighted by Crippen LogP contribution is 2.41. The van der Waals surface area contributed by atoms with Gasteiger partial charge in [0.15, 0.2) is 0 Å². The molecule has 1 spiro atoms. The zero-order valence-corrected chi connectivity index (χ0v) is 11.5. The third-order valence-electron chi connectivity index (χ3n) is 4.20. The first-order valence-electron chi connectivity index (χ1n) is 6.27. The van der Waals surface area contributed by atoms with E-state index in [4.69, 9.17) is 0 Å². The van der Waals surface area contributed by atoms with Crippen LogP contribution in [0.15, 0.2) is 24.4 Å². The molecule has 0 amide bonds. The van der Waals surface area contributed by atoms with Gasteiger partial charge >= 0.3 is 0 Å². The molecule has 2 atom stereocenters. The molecule has 0 aromatic carbocycles. The van der Waals surface area contributed by atoms with Crippen molar-refractivity contribution < 1.29 is 13.5 Å². The summed E-state index contributed by atoms with van der Waals surface area (Å²) in [6.45, 7) is 1.08. The minimum Gasteiger partial charge on any atom is -0.390 e. The number of hydrogen-bond donors (Lipinski definition) is 1. The van der Waals surface area contributed by atoms with Crippen LogP contribution in [0.3, 0.4) is 0 Å². The topological polar surface area (TPSA) is 73.7 Å². The SMILES string of the molecule is CN1C[C@H](O)[C@]2(CCN(c3ccccn3)C2)S1(=O)=O. The summed E-state index contributed by atoms with van der Waals surface area (Å²) in [4.78, 5) is 6.17. The van der Waals surface area contributed by atoms with Crippen LogP contribution in [0.4, 0.5) is 5.82 Å². The Morgan fingerprint density at radius 2 is 2.26 bits per heavy atom. The smallest absolute Gasteiger partial charge is 0.224 e. The maximum Gasteiger partial charge on any atom is 0.224 e. The second-order valence-electron chi connectivity index (χ2n) is 5.23. The van der Waals surface area contributed by atoms with Gasteiger partial charge in [-0.1, -0.05) is 6.07 Å². The van der Waals surface area contributed by atoms with Gasteiger partial charge in [0.25, 0.3) is 0 Å². The number of likely N-dealkylation sites (N-methyl/N-ethyl adjacent to an activating group) is 1. The van der Waals surface area contributed by atoms with Gasteiger partial charge in [-0.25, -0.2) is 17.7 Å². The average molecular weight is 283 g/mol. The Kier molecular flexibility index (Phi) is 2.81. The highest BCUT2D eigenvalue weighted by Gasteiger charge is 2.60. The number of rotatable bonds is 1. The van der Waals surface area contributed by atoms with Gasteiger partial charge in [0, 0.05) is 32.9 Å². The van der Waals surface area contributed by atoms with Crippen LogP contribution in [0.25, 0.3) is 0 Å². The maximum absolute atomic E-state index is 12.4. The molecule has 0 bridgehead atoms. The predicted octanol–water partition coefficient (Wildman–Crippen LogP) is -0.333. The molecule has 1 aromatic heterocycles. The molecule has 1 aromatic rings. The zero-order chi connectivity index (χ0) is 13.7. The number of pyridine rings is 1. The molecule has 6 nitrogen and oxygen atoms in total. The van der Waals surface area contributed by atoms with E-state index in [1.807, 2.05) is 23.1 Å². The first kappa shape index (κ1) is 12.8. The van der Waals surface area contributed by atoms with E-state index in [0.29, 0.717) is 19.5 Å². The number of aliphatic hydroxyl groups is 1. The van der Waals surface area contributed by atoms with Gasteiger partial charge in [0.2, 0.25) is 10.0 Å². The highest BCUT2D eigenvalue weighted by molar-refractivity contribution is 7.90. The molecule has 0 aliphatic carbocycles. The molecule has 104 valence electrons. The zero-order valence-electron chi connectivity index (χ0n) is 10.7. The van der Waals surface area contributed by atoms with Crippen LogP contribution in [0.1, 0.15) is 6.42 Å². The van der Waals surface area contributed by atoms with Crippen LogP contribution >= 0.6 is 0 Å². The van der Waals surface area contributed by atoms with Crippen molar-refractivity contribution in [3.8, 4) is 0 Å². The van der Waals surface area contributed by atoms with Crippen molar-refractivity contribution >= 4 is 15.8 Å². The summed E-state index contributed by atoms with van der Waals surface area (Å²) in [6, 6.07) is 5.56. The van der Waals surface area contributed by atoms with Gasteiger partial charge in [0.05, 0.1) is 6.10 Å². The van der Waals surface area contributed by atoms with E-state index in [0.717, 1.165) is 5.82 Å². The Morgan fingerprint density at radius 3 is 2.84 bits per heavy atom. The van der Waals surface area contributed by atoms with Crippen molar-refractivity contribution in [2.24, 2.45) is 0 Å². The molecule has 0 radical (unpaired) electrons. The molecule has 2 fully saturated rings. The molecule has 19 heavy (non-hydrogen) atoms. The molecular weight excluding hydrogens is 266 g/mol. The molecule has 2 aliphatic heterocycles. The van der Waals surface area contributed by atoms with Crippen LogP contribution < -0.4 is 4.90 Å². The van der Waals surface area contributed by atoms with Crippen molar-refractivity contribution in [1.82, 2.24) is 9.29 Å². The molecule has 2 saturated heterocycles. The predicted molar refractivity (Wildman–Crippen MR) is 71.4 cm³/mol. The summed E-state index contributed by atoms with van der Waals surface area (Å²) in [5, 5.41) is 10.2. The molecule has 2 aliphatic rings. The van der Waals surface area contributed by atoms with Crippen LogP contribution in [0.2, 0.25) is 0 Å². The number of nitrogens with zero attached hydrogens (tertiary/aromatic N) is 3. The van der Waals surface area contributed by atoms with Crippen LogP contribution in [0, 0.1) is 0 Å². The number of aromatic nitrogens is 1. The summed E-state index contributed by atoms with van der Waals surface area (Å²) in [5.41, 5.74) is 0. The summed E-state index contributed by atoms with van der Waals surface area (Å²) in [5.74, 6) is 0.760. The van der Waals surface area contributed by atoms with E-state index >= 15 is 0 Å². The summed E-state index contributed by atoms with van der Waals surface area (Å²) >= 11 is 0. The Bertz CT molecular complexity index is 577. The number of anilines is 1. The van der Waals surface area contributed by atoms with Crippen molar-refractivity contribution in [1.29, 1.82) is 0 Å². The quantitative estimate of drug-likeness (QED) is 0.764. The Labute approximate surface area is 112 Å². The lowest BCUT2D eigenvalue weighted by Gasteiger charge is -2.26.